The molecule has 0 saturated heterocycles. The number of carbonyl (C=O) groups is 1. The van der Waals surface area contributed by atoms with E-state index in [0.717, 1.165) is 29.9 Å². The van der Waals surface area contributed by atoms with E-state index in [9.17, 15) is 9.59 Å². The van der Waals surface area contributed by atoms with E-state index in [1.165, 1.54) is 16.6 Å². The summed E-state index contributed by atoms with van der Waals surface area (Å²) >= 11 is 2.81. The standard InChI is InChI=1S/C26H26N4O4S2/c1-29-12-11-20-21(14-29)36-24-23(20)25(32)30(17-7-9-18(33-2)10-8-17)26(28-24)35-15-22(31)27-16-5-4-6-19(13-16)34-3/h4-10,13H,11-12,14-15H2,1-3H3,(H,27,31). The molecule has 186 valence electrons. The average Bonchev–Trinajstić information content (AvgIpc) is 3.25. The van der Waals surface area contributed by atoms with Gasteiger partial charge in [0.25, 0.3) is 5.56 Å². The van der Waals surface area contributed by atoms with Crippen LogP contribution in [0, 0.1) is 0 Å². The molecule has 5 rings (SSSR count). The number of ether oxygens (including phenoxy) is 2. The molecule has 0 saturated carbocycles. The summed E-state index contributed by atoms with van der Waals surface area (Å²) in [7, 11) is 5.27. The van der Waals surface area contributed by atoms with Crippen molar-refractivity contribution >= 4 is 44.9 Å². The van der Waals surface area contributed by atoms with Crippen molar-refractivity contribution < 1.29 is 14.3 Å². The molecule has 0 aliphatic carbocycles. The van der Waals surface area contributed by atoms with E-state index >= 15 is 0 Å². The third-order valence-electron chi connectivity index (χ3n) is 6.05. The van der Waals surface area contributed by atoms with E-state index < -0.39 is 0 Å². The van der Waals surface area contributed by atoms with Crippen molar-refractivity contribution in [3.05, 3.63) is 69.3 Å². The summed E-state index contributed by atoms with van der Waals surface area (Å²) in [5.74, 6) is 1.26. The van der Waals surface area contributed by atoms with E-state index in [0.29, 0.717) is 33.4 Å². The third-order valence-corrected chi connectivity index (χ3v) is 8.10. The summed E-state index contributed by atoms with van der Waals surface area (Å²) < 4.78 is 12.1. The van der Waals surface area contributed by atoms with E-state index in [1.54, 1.807) is 42.3 Å². The fraction of sp³-hybridized carbons (Fsp3) is 0.269. The number of nitrogens with one attached hydrogen (secondary N) is 1. The molecule has 0 fully saturated rings. The number of nitrogens with zero attached hydrogens (tertiary/aromatic N) is 3. The molecule has 0 radical (unpaired) electrons. The number of amides is 1. The van der Waals surface area contributed by atoms with Crippen molar-refractivity contribution in [3.8, 4) is 17.2 Å². The zero-order valence-electron chi connectivity index (χ0n) is 20.2. The molecule has 4 aromatic rings. The summed E-state index contributed by atoms with van der Waals surface area (Å²) in [6.07, 6.45) is 0.820. The number of methoxy groups -OCH3 is 2. The lowest BCUT2D eigenvalue weighted by Gasteiger charge is -2.21. The first kappa shape index (κ1) is 24.4. The number of thioether (sulfide) groups is 1. The maximum Gasteiger partial charge on any atom is 0.267 e. The molecule has 0 atom stereocenters. The Labute approximate surface area is 216 Å². The number of aromatic nitrogens is 2. The highest BCUT2D eigenvalue weighted by Crippen LogP contribution is 2.34. The predicted molar refractivity (Wildman–Crippen MR) is 144 cm³/mol. The van der Waals surface area contributed by atoms with Crippen LogP contribution in [0.2, 0.25) is 0 Å². The lowest BCUT2D eigenvalue weighted by atomic mass is 10.1. The maximum atomic E-state index is 13.9. The van der Waals surface area contributed by atoms with Crippen molar-refractivity contribution in [1.29, 1.82) is 0 Å². The van der Waals surface area contributed by atoms with Gasteiger partial charge >= 0.3 is 0 Å². The maximum absolute atomic E-state index is 13.9. The minimum atomic E-state index is -0.198. The second-order valence-electron chi connectivity index (χ2n) is 8.47. The van der Waals surface area contributed by atoms with Crippen molar-refractivity contribution in [1.82, 2.24) is 14.5 Å². The first-order chi connectivity index (χ1) is 17.5. The Morgan fingerprint density at radius 1 is 1.14 bits per heavy atom. The zero-order valence-corrected chi connectivity index (χ0v) is 21.9. The van der Waals surface area contributed by atoms with Gasteiger partial charge in [-0.15, -0.1) is 11.3 Å². The number of fused-ring (bicyclic) bond motifs is 3. The Bertz CT molecular complexity index is 1480. The molecule has 10 heteroatoms. The number of benzene rings is 2. The van der Waals surface area contributed by atoms with Crippen LogP contribution in [0.5, 0.6) is 11.5 Å². The van der Waals surface area contributed by atoms with Crippen LogP contribution < -0.4 is 20.3 Å². The zero-order chi connectivity index (χ0) is 25.2. The second-order valence-corrected chi connectivity index (χ2v) is 10.5. The summed E-state index contributed by atoms with van der Waals surface area (Å²) in [4.78, 5) is 35.7. The van der Waals surface area contributed by atoms with Gasteiger partial charge in [0.2, 0.25) is 5.91 Å². The molecule has 2 aromatic carbocycles. The van der Waals surface area contributed by atoms with Gasteiger partial charge in [0, 0.05) is 29.7 Å². The third kappa shape index (κ3) is 4.84. The first-order valence-electron chi connectivity index (χ1n) is 11.4. The van der Waals surface area contributed by atoms with Gasteiger partial charge < -0.3 is 19.7 Å². The second kappa shape index (κ2) is 10.3. The molecule has 1 amide bonds. The van der Waals surface area contributed by atoms with E-state index in [1.807, 2.05) is 36.4 Å². The summed E-state index contributed by atoms with van der Waals surface area (Å²) in [6.45, 7) is 1.71. The number of hydrogen-bond acceptors (Lipinski definition) is 8. The lowest BCUT2D eigenvalue weighted by Crippen LogP contribution is -2.27. The SMILES string of the molecule is COc1ccc(-n2c(SCC(=O)Nc3cccc(OC)c3)nc3sc4c(c3c2=O)CCN(C)C4)cc1. The quantitative estimate of drug-likeness (QED) is 0.288. The number of thiophene rings is 1. The number of anilines is 1. The molecule has 0 spiro atoms. The van der Waals surface area contributed by atoms with E-state index in [2.05, 4.69) is 17.3 Å². The molecule has 3 heterocycles. The molecular weight excluding hydrogens is 496 g/mol. The van der Waals surface area contributed by atoms with Crippen LogP contribution in [0.15, 0.2) is 58.5 Å². The number of rotatable bonds is 7. The summed E-state index contributed by atoms with van der Waals surface area (Å²) in [5, 5.41) is 4.04. The van der Waals surface area contributed by atoms with Crippen LogP contribution in [0.1, 0.15) is 10.4 Å². The normalized spacial score (nSPS) is 13.4. The van der Waals surface area contributed by atoms with E-state index in [-0.39, 0.29) is 17.2 Å². The highest BCUT2D eigenvalue weighted by molar-refractivity contribution is 7.99. The average molecular weight is 523 g/mol. The highest BCUT2D eigenvalue weighted by Gasteiger charge is 2.24. The van der Waals surface area contributed by atoms with Crippen molar-refractivity contribution in [2.75, 3.05) is 38.9 Å². The molecule has 2 aromatic heterocycles. The number of hydrogen-bond donors (Lipinski definition) is 1. The Morgan fingerprint density at radius 3 is 2.67 bits per heavy atom. The van der Waals surface area contributed by atoms with Crippen LogP contribution in [-0.2, 0) is 17.8 Å². The van der Waals surface area contributed by atoms with Gasteiger partial charge in [-0.3, -0.25) is 14.2 Å². The number of carbonyl (C=O) groups excluding carboxylic acids is 1. The van der Waals surface area contributed by atoms with Crippen molar-refractivity contribution in [2.45, 2.75) is 18.1 Å². The summed E-state index contributed by atoms with van der Waals surface area (Å²) in [6, 6.07) is 14.5. The Morgan fingerprint density at radius 2 is 1.92 bits per heavy atom. The first-order valence-corrected chi connectivity index (χ1v) is 13.2. The Hall–Kier alpha value is -3.34. The molecule has 0 bridgehead atoms. The molecular formula is C26H26N4O4S2. The van der Waals surface area contributed by atoms with Crippen LogP contribution >= 0.6 is 23.1 Å². The van der Waals surface area contributed by atoms with E-state index in [4.69, 9.17) is 14.5 Å². The largest absolute Gasteiger partial charge is 0.497 e. The number of likely N-dealkylation sites (N-methyl/N-ethyl adjacent to an activating group) is 1. The van der Waals surface area contributed by atoms with Gasteiger partial charge in [-0.2, -0.15) is 0 Å². The Kier molecular flexibility index (Phi) is 6.99. The fourth-order valence-electron chi connectivity index (χ4n) is 4.24. The highest BCUT2D eigenvalue weighted by atomic mass is 32.2. The van der Waals surface area contributed by atoms with Crippen LogP contribution in [0.3, 0.4) is 0 Å². The van der Waals surface area contributed by atoms with Crippen molar-refractivity contribution in [3.63, 3.8) is 0 Å². The molecule has 1 aliphatic heterocycles. The van der Waals surface area contributed by atoms with Gasteiger partial charge in [0.15, 0.2) is 5.16 Å². The fourth-order valence-corrected chi connectivity index (χ4v) is 6.39. The minimum Gasteiger partial charge on any atom is -0.497 e. The lowest BCUT2D eigenvalue weighted by molar-refractivity contribution is -0.113. The monoisotopic (exact) mass is 522 g/mol. The van der Waals surface area contributed by atoms with Crippen LogP contribution in [-0.4, -0.2) is 53.9 Å². The van der Waals surface area contributed by atoms with Crippen molar-refractivity contribution in [2.24, 2.45) is 0 Å². The van der Waals surface area contributed by atoms with Gasteiger partial charge in [-0.25, -0.2) is 4.98 Å². The summed E-state index contributed by atoms with van der Waals surface area (Å²) in [5.41, 5.74) is 2.31. The molecule has 1 N–H and O–H groups in total. The van der Waals surface area contributed by atoms with Gasteiger partial charge in [-0.05, 0) is 55.4 Å². The topological polar surface area (TPSA) is 85.7 Å². The van der Waals surface area contributed by atoms with Crippen LogP contribution in [0.25, 0.3) is 15.9 Å². The van der Waals surface area contributed by atoms with Gasteiger partial charge in [0.1, 0.15) is 16.3 Å². The smallest absolute Gasteiger partial charge is 0.267 e. The molecule has 8 nitrogen and oxygen atoms in total. The molecule has 1 aliphatic rings. The van der Waals surface area contributed by atoms with Crippen LogP contribution in [0.4, 0.5) is 5.69 Å². The van der Waals surface area contributed by atoms with Gasteiger partial charge in [0.05, 0.1) is 31.0 Å². The molecule has 36 heavy (non-hydrogen) atoms. The van der Waals surface area contributed by atoms with Gasteiger partial charge in [-0.1, -0.05) is 17.8 Å². The Balaban J connectivity index is 1.51. The minimum absolute atomic E-state index is 0.0964. The predicted octanol–water partition coefficient (Wildman–Crippen LogP) is 4.18. The molecule has 0 unspecified atom stereocenters.